The van der Waals surface area contributed by atoms with Crippen molar-refractivity contribution in [1.82, 2.24) is 10.1 Å². The number of rotatable bonds is 8. The quantitative estimate of drug-likeness (QED) is 0.220. The van der Waals surface area contributed by atoms with Gasteiger partial charge in [0.1, 0.15) is 35.4 Å². The molecule has 3 aliphatic rings. The molecule has 196 valence electrons. The van der Waals surface area contributed by atoms with Gasteiger partial charge in [-0.3, -0.25) is 14.5 Å². The van der Waals surface area contributed by atoms with Crippen molar-refractivity contribution in [1.29, 1.82) is 0 Å². The van der Waals surface area contributed by atoms with Crippen LogP contribution in [0.4, 0.5) is 11.5 Å². The topological polar surface area (TPSA) is 94.8 Å². The van der Waals surface area contributed by atoms with Crippen LogP contribution in [0.25, 0.3) is 11.3 Å². The predicted octanol–water partition coefficient (Wildman–Crippen LogP) is 6.74. The molecule has 10 heteroatoms. The number of nitrogens with zero attached hydrogens (tertiary/aromatic N) is 3. The molecular weight excluding hydrogens is 541 g/mol. The van der Waals surface area contributed by atoms with Gasteiger partial charge in [-0.05, 0) is 73.7 Å². The van der Waals surface area contributed by atoms with Gasteiger partial charge in [0.25, 0.3) is 6.47 Å². The van der Waals surface area contributed by atoms with Crippen molar-refractivity contribution in [2.45, 2.75) is 43.6 Å². The molecule has 4 aromatic rings. The van der Waals surface area contributed by atoms with Crippen LogP contribution in [0.5, 0.6) is 11.5 Å². The van der Waals surface area contributed by atoms with Gasteiger partial charge in [-0.1, -0.05) is 34.4 Å². The first-order valence-electron chi connectivity index (χ1n) is 12.6. The molecule has 2 fully saturated rings. The molecule has 2 aliphatic carbocycles. The van der Waals surface area contributed by atoms with Gasteiger partial charge in [-0.2, -0.15) is 0 Å². The average Bonchev–Trinajstić information content (AvgIpc) is 3.86. The molecule has 0 unspecified atom stereocenters. The number of carbonyl (C=O) groups excluding carboxylic acids is 2. The van der Waals surface area contributed by atoms with Crippen molar-refractivity contribution >= 4 is 47.1 Å². The summed E-state index contributed by atoms with van der Waals surface area (Å²) >= 11 is 13.0. The van der Waals surface area contributed by atoms with E-state index < -0.39 is 5.41 Å². The van der Waals surface area contributed by atoms with Crippen molar-refractivity contribution in [2.24, 2.45) is 0 Å². The number of anilines is 2. The van der Waals surface area contributed by atoms with Crippen molar-refractivity contribution < 1.29 is 23.6 Å². The summed E-state index contributed by atoms with van der Waals surface area (Å²) in [5.74, 6) is 2.51. The number of benzene rings is 2. The van der Waals surface area contributed by atoms with Crippen molar-refractivity contribution in [2.75, 3.05) is 4.90 Å². The van der Waals surface area contributed by atoms with Gasteiger partial charge >= 0.3 is 0 Å². The van der Waals surface area contributed by atoms with E-state index in [2.05, 4.69) is 10.1 Å². The standard InChI is InChI=1S/C29H21Cl2N3O5/c30-21-2-1-3-22(31)25(21)26-19(27(39-33-26)16-4-5-16)14-37-17-6-8-23-20(12-17)29(10-11-29)28(36)34(23)24-9-7-18(13-32-24)38-15-35/h1-3,6-9,12-13,15-16H,4-5,10-11,14H2. The van der Waals surface area contributed by atoms with Crippen LogP contribution in [0.1, 0.15) is 48.5 Å². The summed E-state index contributed by atoms with van der Waals surface area (Å²) in [5, 5.41) is 5.32. The number of ether oxygens (including phenoxy) is 2. The van der Waals surface area contributed by atoms with Crippen LogP contribution in [-0.2, 0) is 21.6 Å². The van der Waals surface area contributed by atoms with Crippen LogP contribution in [0.2, 0.25) is 10.0 Å². The zero-order chi connectivity index (χ0) is 26.7. The minimum Gasteiger partial charge on any atom is -0.489 e. The van der Waals surface area contributed by atoms with Crippen LogP contribution >= 0.6 is 23.2 Å². The molecule has 2 aromatic carbocycles. The van der Waals surface area contributed by atoms with Gasteiger partial charge in [0.15, 0.2) is 0 Å². The Hall–Kier alpha value is -3.88. The lowest BCUT2D eigenvalue weighted by molar-refractivity contribution is -0.121. The first kappa shape index (κ1) is 24.2. The lowest BCUT2D eigenvalue weighted by Gasteiger charge is -2.17. The van der Waals surface area contributed by atoms with Crippen LogP contribution in [0.3, 0.4) is 0 Å². The molecule has 0 bridgehead atoms. The molecule has 0 saturated heterocycles. The molecule has 1 spiro atoms. The summed E-state index contributed by atoms with van der Waals surface area (Å²) in [4.78, 5) is 30.1. The van der Waals surface area contributed by atoms with Crippen LogP contribution in [-0.4, -0.2) is 22.5 Å². The largest absolute Gasteiger partial charge is 0.489 e. The number of carbonyl (C=O) groups is 2. The summed E-state index contributed by atoms with van der Waals surface area (Å²) in [5.41, 5.74) is 3.16. The monoisotopic (exact) mass is 561 g/mol. The number of hydrogen-bond donors (Lipinski definition) is 0. The Morgan fingerprint density at radius 3 is 2.51 bits per heavy atom. The van der Waals surface area contributed by atoms with Gasteiger partial charge in [-0.25, -0.2) is 4.98 Å². The van der Waals surface area contributed by atoms with Crippen molar-refractivity contribution in [3.05, 3.63) is 81.7 Å². The second-order valence-corrected chi connectivity index (χ2v) is 10.8. The van der Waals surface area contributed by atoms with Crippen LogP contribution in [0, 0.1) is 0 Å². The van der Waals surface area contributed by atoms with E-state index in [1.165, 1.54) is 6.20 Å². The van der Waals surface area contributed by atoms with Crippen LogP contribution in [0.15, 0.2) is 59.3 Å². The molecule has 7 rings (SSSR count). The van der Waals surface area contributed by atoms with Gasteiger partial charge in [0.2, 0.25) is 5.91 Å². The molecule has 39 heavy (non-hydrogen) atoms. The smallest absolute Gasteiger partial charge is 0.298 e. The Balaban J connectivity index is 1.20. The zero-order valence-corrected chi connectivity index (χ0v) is 22.0. The summed E-state index contributed by atoms with van der Waals surface area (Å²) in [6.45, 7) is 0.558. The lowest BCUT2D eigenvalue weighted by Crippen LogP contribution is -2.28. The normalized spacial score (nSPS) is 16.9. The van der Waals surface area contributed by atoms with Gasteiger partial charge in [0, 0.05) is 11.5 Å². The second kappa shape index (κ2) is 9.10. The third-order valence-corrected chi connectivity index (χ3v) is 8.20. The highest BCUT2D eigenvalue weighted by Crippen LogP contribution is 2.59. The highest BCUT2D eigenvalue weighted by Gasteiger charge is 2.60. The summed E-state index contributed by atoms with van der Waals surface area (Å²) in [7, 11) is 0. The van der Waals surface area contributed by atoms with E-state index in [1.807, 2.05) is 18.2 Å². The summed E-state index contributed by atoms with van der Waals surface area (Å²) in [6.07, 6.45) is 5.02. The molecule has 3 heterocycles. The van der Waals surface area contributed by atoms with Crippen LogP contribution < -0.4 is 14.4 Å². The van der Waals surface area contributed by atoms with E-state index >= 15 is 0 Å². The summed E-state index contributed by atoms with van der Waals surface area (Å²) in [6, 6.07) is 14.3. The fourth-order valence-corrected chi connectivity index (χ4v) is 5.87. The fourth-order valence-electron chi connectivity index (χ4n) is 5.29. The van der Waals surface area contributed by atoms with Gasteiger partial charge < -0.3 is 14.0 Å². The SMILES string of the molecule is O=COc1ccc(N2C(=O)C3(CC3)c3cc(OCc4c(-c5c(Cl)cccc5Cl)noc4C4CC4)ccc32)nc1. The highest BCUT2D eigenvalue weighted by molar-refractivity contribution is 6.39. The van der Waals surface area contributed by atoms with E-state index in [1.54, 1.807) is 35.2 Å². The number of pyridine rings is 1. The number of halogens is 2. The third-order valence-electron chi connectivity index (χ3n) is 7.57. The Morgan fingerprint density at radius 2 is 1.85 bits per heavy atom. The molecule has 0 N–H and O–H groups in total. The Labute approximate surface area is 233 Å². The second-order valence-electron chi connectivity index (χ2n) is 10.0. The van der Waals surface area contributed by atoms with E-state index in [9.17, 15) is 9.59 Å². The number of amides is 1. The fraction of sp³-hybridized carbons (Fsp3) is 0.241. The first-order chi connectivity index (χ1) is 19.0. The van der Waals surface area contributed by atoms with Gasteiger partial charge in [-0.15, -0.1) is 0 Å². The van der Waals surface area contributed by atoms with E-state index in [-0.39, 0.29) is 12.5 Å². The maximum Gasteiger partial charge on any atom is 0.298 e. The van der Waals surface area contributed by atoms with Crippen molar-refractivity contribution in [3.8, 4) is 22.8 Å². The molecule has 8 nitrogen and oxygen atoms in total. The third kappa shape index (κ3) is 3.97. The van der Waals surface area contributed by atoms with E-state index in [4.69, 9.17) is 37.2 Å². The highest BCUT2D eigenvalue weighted by atomic mass is 35.5. The van der Waals surface area contributed by atoms with Gasteiger partial charge in [0.05, 0.1) is 32.9 Å². The number of fused-ring (bicyclic) bond motifs is 2. The Kier molecular flexibility index (Phi) is 5.64. The number of aromatic nitrogens is 2. The molecule has 1 aliphatic heterocycles. The molecule has 2 saturated carbocycles. The molecule has 0 radical (unpaired) electrons. The Morgan fingerprint density at radius 1 is 1.08 bits per heavy atom. The maximum absolute atomic E-state index is 13.5. The van der Waals surface area contributed by atoms with E-state index in [0.29, 0.717) is 51.0 Å². The maximum atomic E-state index is 13.5. The molecular formula is C29H21Cl2N3O5. The predicted molar refractivity (Wildman–Crippen MR) is 144 cm³/mol. The average molecular weight is 562 g/mol. The van der Waals surface area contributed by atoms with E-state index in [0.717, 1.165) is 48.3 Å². The minimum absolute atomic E-state index is 0.0168. The molecule has 1 amide bonds. The number of hydrogen-bond acceptors (Lipinski definition) is 7. The zero-order valence-electron chi connectivity index (χ0n) is 20.5. The first-order valence-corrected chi connectivity index (χ1v) is 13.4. The molecule has 0 atom stereocenters. The Bertz CT molecular complexity index is 1610. The lowest BCUT2D eigenvalue weighted by atomic mass is 9.98. The molecule has 2 aromatic heterocycles. The van der Waals surface area contributed by atoms with Crippen molar-refractivity contribution in [3.63, 3.8) is 0 Å². The minimum atomic E-state index is -0.568. The summed E-state index contributed by atoms with van der Waals surface area (Å²) < 4.78 is 16.9.